The van der Waals surface area contributed by atoms with Crippen molar-refractivity contribution in [1.82, 2.24) is 0 Å². The maximum Gasteiger partial charge on any atom is 0.0277 e. The van der Waals surface area contributed by atoms with Gasteiger partial charge >= 0.3 is 0 Å². The number of aliphatic imine (C=N–C) groups is 1. The molecule has 1 heteroatoms. The largest absolute Gasteiger partial charge is 0.297 e. The minimum absolute atomic E-state index is 1.20. The molecule has 0 saturated heterocycles. The molecule has 140 valence electrons. The van der Waals surface area contributed by atoms with Gasteiger partial charge in [-0.05, 0) is 57.2 Å². The second-order valence-electron chi connectivity index (χ2n) is 6.85. The van der Waals surface area contributed by atoms with Crippen molar-refractivity contribution in [1.29, 1.82) is 0 Å². The third-order valence-corrected chi connectivity index (χ3v) is 4.95. The van der Waals surface area contributed by atoms with Crippen LogP contribution in [0.3, 0.4) is 0 Å². The van der Waals surface area contributed by atoms with Gasteiger partial charge in [-0.2, -0.15) is 0 Å². The van der Waals surface area contributed by atoms with Crippen LogP contribution in [0.2, 0.25) is 0 Å². The predicted octanol–water partition coefficient (Wildman–Crippen LogP) is 7.40. The van der Waals surface area contributed by atoms with Gasteiger partial charge in [0.1, 0.15) is 0 Å². The van der Waals surface area contributed by atoms with E-state index in [1.54, 1.807) is 7.05 Å². The molecule has 1 nitrogen and oxygen atoms in total. The van der Waals surface area contributed by atoms with Gasteiger partial charge in [0.05, 0.1) is 0 Å². The highest BCUT2D eigenvalue weighted by Crippen LogP contribution is 2.38. The number of rotatable bonds is 5. The Balaban J connectivity index is 2.03. The van der Waals surface area contributed by atoms with Gasteiger partial charge in [0, 0.05) is 13.3 Å². The van der Waals surface area contributed by atoms with Gasteiger partial charge in [0.15, 0.2) is 0 Å². The molecule has 0 amide bonds. The van der Waals surface area contributed by atoms with Crippen LogP contribution in [-0.2, 0) is 0 Å². The van der Waals surface area contributed by atoms with E-state index in [0.29, 0.717) is 0 Å². The lowest BCUT2D eigenvalue weighted by molar-refractivity contribution is 1.48. The standard InChI is InChI=1S/C28H23N/c1-29-19-11-18-26-27(23-14-7-3-8-15-23)20-25(22-12-5-2-6-13-22)21-28(26)24-16-9-4-10-17-24/h2-21H,1H3/b18-11+,29-19?. The second-order valence-corrected chi connectivity index (χ2v) is 6.85. The highest BCUT2D eigenvalue weighted by molar-refractivity contribution is 5.93. The maximum atomic E-state index is 4.11. The van der Waals surface area contributed by atoms with Gasteiger partial charge in [-0.25, -0.2) is 0 Å². The molecule has 0 atom stereocenters. The molecule has 0 aromatic heterocycles. The Labute approximate surface area is 172 Å². The van der Waals surface area contributed by atoms with Crippen molar-refractivity contribution >= 4 is 12.3 Å². The average Bonchev–Trinajstić information content (AvgIpc) is 2.81. The quantitative estimate of drug-likeness (QED) is 0.323. The third kappa shape index (κ3) is 4.25. The van der Waals surface area contributed by atoms with Crippen LogP contribution in [0.5, 0.6) is 0 Å². The summed E-state index contributed by atoms with van der Waals surface area (Å²) in [5.74, 6) is 0. The average molecular weight is 373 g/mol. The van der Waals surface area contributed by atoms with Crippen LogP contribution < -0.4 is 0 Å². The first-order valence-corrected chi connectivity index (χ1v) is 9.80. The minimum Gasteiger partial charge on any atom is -0.297 e. The van der Waals surface area contributed by atoms with E-state index in [4.69, 9.17) is 0 Å². The first kappa shape index (κ1) is 18.6. The van der Waals surface area contributed by atoms with Crippen molar-refractivity contribution in [3.8, 4) is 33.4 Å². The Bertz CT molecular complexity index is 1060. The first-order chi connectivity index (χ1) is 14.4. The minimum atomic E-state index is 1.20. The van der Waals surface area contributed by atoms with Crippen LogP contribution in [0, 0.1) is 0 Å². The third-order valence-electron chi connectivity index (χ3n) is 4.95. The van der Waals surface area contributed by atoms with Gasteiger partial charge in [-0.3, -0.25) is 4.99 Å². The van der Waals surface area contributed by atoms with Crippen LogP contribution in [-0.4, -0.2) is 13.3 Å². The first-order valence-electron chi connectivity index (χ1n) is 9.80. The lowest BCUT2D eigenvalue weighted by Crippen LogP contribution is -1.92. The van der Waals surface area contributed by atoms with Gasteiger partial charge in [0.2, 0.25) is 0 Å². The maximum absolute atomic E-state index is 4.11. The van der Waals surface area contributed by atoms with E-state index in [9.17, 15) is 0 Å². The van der Waals surface area contributed by atoms with E-state index in [1.807, 2.05) is 12.3 Å². The zero-order valence-electron chi connectivity index (χ0n) is 16.5. The lowest BCUT2D eigenvalue weighted by atomic mass is 9.87. The van der Waals surface area contributed by atoms with Crippen LogP contribution in [0.15, 0.2) is 114 Å². The SMILES string of the molecule is CN=C/C=C/c1c(-c2ccccc2)cc(-c2ccccc2)cc1-c1ccccc1. The molecule has 0 fully saturated rings. The molecule has 0 aliphatic rings. The summed E-state index contributed by atoms with van der Waals surface area (Å²) in [5, 5.41) is 0. The van der Waals surface area contributed by atoms with Crippen LogP contribution >= 0.6 is 0 Å². The summed E-state index contributed by atoms with van der Waals surface area (Å²) in [5.41, 5.74) is 8.46. The molecule has 0 bridgehead atoms. The highest BCUT2D eigenvalue weighted by Gasteiger charge is 2.13. The summed E-state index contributed by atoms with van der Waals surface area (Å²) in [4.78, 5) is 4.11. The van der Waals surface area contributed by atoms with Crippen LogP contribution in [0.1, 0.15) is 5.56 Å². The molecule has 29 heavy (non-hydrogen) atoms. The molecule has 4 aromatic carbocycles. The molecular formula is C28H23N. The van der Waals surface area contributed by atoms with Gasteiger partial charge in [0.25, 0.3) is 0 Å². The van der Waals surface area contributed by atoms with E-state index in [0.717, 1.165) is 0 Å². The van der Waals surface area contributed by atoms with Crippen LogP contribution in [0.4, 0.5) is 0 Å². The smallest absolute Gasteiger partial charge is 0.0277 e. The molecule has 0 heterocycles. The second kappa shape index (κ2) is 8.99. The molecule has 0 radical (unpaired) electrons. The Hall–Kier alpha value is -3.71. The Kier molecular flexibility index (Phi) is 5.78. The fraction of sp³-hybridized carbons (Fsp3) is 0.0357. The number of allylic oxidation sites excluding steroid dienone is 1. The number of nitrogens with zero attached hydrogens (tertiary/aromatic N) is 1. The highest BCUT2D eigenvalue weighted by atomic mass is 14.6. The van der Waals surface area contributed by atoms with Crippen molar-refractivity contribution in [2.24, 2.45) is 4.99 Å². The topological polar surface area (TPSA) is 12.4 Å². The van der Waals surface area contributed by atoms with Gasteiger partial charge < -0.3 is 0 Å². The van der Waals surface area contributed by atoms with Crippen molar-refractivity contribution < 1.29 is 0 Å². The predicted molar refractivity (Wildman–Crippen MR) is 126 cm³/mol. The lowest BCUT2D eigenvalue weighted by Gasteiger charge is -2.16. The Morgan fingerprint density at radius 2 is 1.00 bits per heavy atom. The molecule has 0 unspecified atom stereocenters. The molecule has 0 aliphatic heterocycles. The monoisotopic (exact) mass is 373 g/mol. The number of hydrogen-bond acceptors (Lipinski definition) is 1. The van der Waals surface area contributed by atoms with Gasteiger partial charge in [-0.15, -0.1) is 0 Å². The fourth-order valence-corrected chi connectivity index (χ4v) is 3.57. The summed E-state index contributed by atoms with van der Waals surface area (Å²) in [6.07, 6.45) is 6.00. The summed E-state index contributed by atoms with van der Waals surface area (Å²) in [6.45, 7) is 0. The summed E-state index contributed by atoms with van der Waals surface area (Å²) >= 11 is 0. The van der Waals surface area contributed by atoms with E-state index in [1.165, 1.54) is 38.9 Å². The fourth-order valence-electron chi connectivity index (χ4n) is 3.57. The summed E-state index contributed by atoms with van der Waals surface area (Å²) in [7, 11) is 1.79. The van der Waals surface area contributed by atoms with E-state index in [2.05, 4.69) is 114 Å². The van der Waals surface area contributed by atoms with Crippen LogP contribution in [0.25, 0.3) is 39.5 Å². The van der Waals surface area contributed by atoms with E-state index < -0.39 is 0 Å². The Morgan fingerprint density at radius 3 is 1.45 bits per heavy atom. The van der Waals surface area contributed by atoms with Crippen molar-refractivity contribution in [3.05, 3.63) is 115 Å². The molecule has 0 aliphatic carbocycles. The number of benzene rings is 4. The van der Waals surface area contributed by atoms with Crippen molar-refractivity contribution in [2.75, 3.05) is 7.05 Å². The summed E-state index contributed by atoms with van der Waals surface area (Å²) in [6, 6.07) is 36.3. The molecule has 0 saturated carbocycles. The zero-order valence-corrected chi connectivity index (χ0v) is 16.5. The summed E-state index contributed by atoms with van der Waals surface area (Å²) < 4.78 is 0. The zero-order chi connectivity index (χ0) is 19.9. The van der Waals surface area contributed by atoms with E-state index >= 15 is 0 Å². The molecule has 0 spiro atoms. The normalized spacial score (nSPS) is 11.3. The van der Waals surface area contributed by atoms with Crippen molar-refractivity contribution in [3.63, 3.8) is 0 Å². The van der Waals surface area contributed by atoms with Crippen molar-refractivity contribution in [2.45, 2.75) is 0 Å². The Morgan fingerprint density at radius 1 is 0.552 bits per heavy atom. The van der Waals surface area contributed by atoms with Gasteiger partial charge in [-0.1, -0.05) is 97.1 Å². The molecule has 0 N–H and O–H groups in total. The molecule has 4 rings (SSSR count). The molecule has 4 aromatic rings. The molecular weight excluding hydrogens is 350 g/mol. The van der Waals surface area contributed by atoms with E-state index in [-0.39, 0.29) is 0 Å². The number of hydrogen-bond donors (Lipinski definition) is 0.